The average Bonchev–Trinajstić information content (AvgIpc) is 3.21. The first kappa shape index (κ1) is 24.6. The molecule has 1 unspecified atom stereocenters. The van der Waals surface area contributed by atoms with E-state index in [-0.39, 0.29) is 18.4 Å². The van der Waals surface area contributed by atoms with Crippen LogP contribution in [0.2, 0.25) is 10.0 Å². The maximum absolute atomic E-state index is 12.7. The van der Waals surface area contributed by atoms with Gasteiger partial charge in [-0.25, -0.2) is 0 Å². The van der Waals surface area contributed by atoms with Gasteiger partial charge < -0.3 is 5.32 Å². The molecule has 0 spiro atoms. The summed E-state index contributed by atoms with van der Waals surface area (Å²) in [6, 6.07) is 15.5. The summed E-state index contributed by atoms with van der Waals surface area (Å²) in [6.07, 6.45) is 3.83. The first-order valence-corrected chi connectivity index (χ1v) is 12.6. The van der Waals surface area contributed by atoms with Crippen LogP contribution in [-0.2, 0) is 17.1 Å². The van der Waals surface area contributed by atoms with Crippen LogP contribution in [0.5, 0.6) is 0 Å². The molecule has 0 saturated carbocycles. The molecule has 2 aromatic carbocycles. The molecule has 1 heterocycles. The Hall–Kier alpha value is -2.02. The van der Waals surface area contributed by atoms with Gasteiger partial charge in [-0.05, 0) is 36.6 Å². The number of unbranched alkanes of at least 4 members (excludes halogenated alkanes) is 1. The number of rotatable bonds is 11. The minimum atomic E-state index is 0.00741. The van der Waals surface area contributed by atoms with E-state index in [4.69, 9.17) is 23.2 Å². The molecule has 32 heavy (non-hydrogen) atoms. The van der Waals surface area contributed by atoms with Crippen LogP contribution in [0, 0.1) is 5.92 Å². The van der Waals surface area contributed by atoms with Gasteiger partial charge in [-0.1, -0.05) is 92.0 Å². The molecular formula is C24H28Cl2N4OS. The molecule has 8 heteroatoms. The molecule has 0 bridgehead atoms. The Morgan fingerprint density at radius 2 is 1.91 bits per heavy atom. The highest BCUT2D eigenvalue weighted by atomic mass is 35.5. The second kappa shape index (κ2) is 12.3. The molecule has 0 radical (unpaired) electrons. The van der Waals surface area contributed by atoms with Crippen molar-refractivity contribution in [3.05, 3.63) is 70.0 Å². The molecule has 0 fully saturated rings. The van der Waals surface area contributed by atoms with Gasteiger partial charge in [0, 0.05) is 16.7 Å². The van der Waals surface area contributed by atoms with Crippen molar-refractivity contribution in [1.29, 1.82) is 0 Å². The molecule has 0 aliphatic rings. The van der Waals surface area contributed by atoms with Gasteiger partial charge in [-0.2, -0.15) is 0 Å². The van der Waals surface area contributed by atoms with E-state index >= 15 is 0 Å². The van der Waals surface area contributed by atoms with Crippen LogP contribution >= 0.6 is 35.0 Å². The largest absolute Gasteiger partial charge is 0.349 e. The predicted octanol–water partition coefficient (Wildman–Crippen LogP) is 6.70. The number of hydrogen-bond acceptors (Lipinski definition) is 4. The molecule has 1 aromatic heterocycles. The Kier molecular flexibility index (Phi) is 9.45. The molecule has 5 nitrogen and oxygen atoms in total. The number of aromatic nitrogens is 3. The Labute approximate surface area is 203 Å². The van der Waals surface area contributed by atoms with Crippen molar-refractivity contribution < 1.29 is 4.79 Å². The van der Waals surface area contributed by atoms with Gasteiger partial charge >= 0.3 is 0 Å². The van der Waals surface area contributed by atoms with Gasteiger partial charge in [0.05, 0.1) is 17.3 Å². The summed E-state index contributed by atoms with van der Waals surface area (Å²) in [5.74, 6) is 1.40. The summed E-state index contributed by atoms with van der Waals surface area (Å²) in [5, 5.41) is 13.6. The number of carbonyl (C=O) groups is 1. The minimum Gasteiger partial charge on any atom is -0.349 e. The highest BCUT2D eigenvalue weighted by Gasteiger charge is 2.20. The summed E-state index contributed by atoms with van der Waals surface area (Å²) in [7, 11) is 0. The topological polar surface area (TPSA) is 59.8 Å². The maximum atomic E-state index is 12.7. The maximum Gasteiger partial charge on any atom is 0.223 e. The molecule has 3 aromatic rings. The van der Waals surface area contributed by atoms with Crippen LogP contribution < -0.4 is 5.32 Å². The Morgan fingerprint density at radius 1 is 1.12 bits per heavy atom. The van der Waals surface area contributed by atoms with E-state index in [1.165, 1.54) is 5.56 Å². The molecule has 1 atom stereocenters. The number of carbonyl (C=O) groups excluding carboxylic acids is 1. The SMILES string of the molecule is CCCCC(CC)C(=O)NCc1nnc(SCc2ccccc2)n1-c1cc(Cl)ccc1Cl. The normalized spacial score (nSPS) is 12.0. The highest BCUT2D eigenvalue weighted by Crippen LogP contribution is 2.31. The van der Waals surface area contributed by atoms with E-state index in [0.717, 1.165) is 31.4 Å². The van der Waals surface area contributed by atoms with Crippen LogP contribution in [0.15, 0.2) is 53.7 Å². The zero-order chi connectivity index (χ0) is 22.9. The van der Waals surface area contributed by atoms with Gasteiger partial charge in [-0.3, -0.25) is 9.36 Å². The lowest BCUT2D eigenvalue weighted by atomic mass is 9.98. The third kappa shape index (κ3) is 6.50. The summed E-state index contributed by atoms with van der Waals surface area (Å²) < 4.78 is 1.88. The number of amides is 1. The second-order valence-corrected chi connectivity index (χ2v) is 9.36. The lowest BCUT2D eigenvalue weighted by Crippen LogP contribution is -2.31. The van der Waals surface area contributed by atoms with Crippen LogP contribution in [-0.4, -0.2) is 20.7 Å². The number of halogens is 2. The number of benzene rings is 2. The van der Waals surface area contributed by atoms with Crippen molar-refractivity contribution in [3.8, 4) is 5.69 Å². The van der Waals surface area contributed by atoms with Crippen molar-refractivity contribution in [2.24, 2.45) is 5.92 Å². The number of hydrogen-bond donors (Lipinski definition) is 1. The van der Waals surface area contributed by atoms with Gasteiger partial charge in [0.2, 0.25) is 5.91 Å². The van der Waals surface area contributed by atoms with Crippen molar-refractivity contribution in [2.75, 3.05) is 0 Å². The van der Waals surface area contributed by atoms with Crippen LogP contribution in [0.1, 0.15) is 50.9 Å². The standard InChI is InChI=1S/C24H28Cl2N4OS/c1-3-5-11-18(4-2)23(31)27-15-22-28-29-24(32-16-17-9-7-6-8-10-17)30(22)21-14-19(25)12-13-20(21)26/h6-10,12-14,18H,3-5,11,15-16H2,1-2H3,(H,27,31). The number of nitrogens with zero attached hydrogens (tertiary/aromatic N) is 3. The lowest BCUT2D eigenvalue weighted by Gasteiger charge is -2.16. The first-order chi connectivity index (χ1) is 15.5. The lowest BCUT2D eigenvalue weighted by molar-refractivity contribution is -0.125. The van der Waals surface area contributed by atoms with E-state index in [0.29, 0.717) is 26.7 Å². The molecule has 3 rings (SSSR count). The quantitative estimate of drug-likeness (QED) is 0.303. The Morgan fingerprint density at radius 3 is 2.62 bits per heavy atom. The minimum absolute atomic E-state index is 0.00741. The van der Waals surface area contributed by atoms with E-state index in [1.54, 1.807) is 30.0 Å². The molecular weight excluding hydrogens is 463 g/mol. The molecule has 1 N–H and O–H groups in total. The van der Waals surface area contributed by atoms with E-state index in [1.807, 2.05) is 29.7 Å². The van der Waals surface area contributed by atoms with Crippen molar-refractivity contribution >= 4 is 40.9 Å². The van der Waals surface area contributed by atoms with Crippen molar-refractivity contribution in [2.45, 2.75) is 57.0 Å². The molecule has 0 saturated heterocycles. The molecule has 170 valence electrons. The van der Waals surface area contributed by atoms with Gasteiger partial charge in [-0.15, -0.1) is 10.2 Å². The average molecular weight is 491 g/mol. The third-order valence-electron chi connectivity index (χ3n) is 5.25. The summed E-state index contributed by atoms with van der Waals surface area (Å²) in [4.78, 5) is 12.7. The third-order valence-corrected chi connectivity index (χ3v) is 6.81. The van der Waals surface area contributed by atoms with Crippen LogP contribution in [0.25, 0.3) is 5.69 Å². The Bertz CT molecular complexity index is 1030. The van der Waals surface area contributed by atoms with E-state index in [9.17, 15) is 4.79 Å². The first-order valence-electron chi connectivity index (χ1n) is 10.9. The highest BCUT2D eigenvalue weighted by molar-refractivity contribution is 7.98. The Balaban J connectivity index is 1.84. The van der Waals surface area contributed by atoms with Gasteiger partial charge in [0.25, 0.3) is 0 Å². The zero-order valence-corrected chi connectivity index (χ0v) is 20.7. The van der Waals surface area contributed by atoms with Gasteiger partial charge in [0.15, 0.2) is 11.0 Å². The zero-order valence-electron chi connectivity index (χ0n) is 18.4. The monoisotopic (exact) mass is 490 g/mol. The second-order valence-electron chi connectivity index (χ2n) is 7.57. The van der Waals surface area contributed by atoms with Crippen LogP contribution in [0.4, 0.5) is 0 Å². The van der Waals surface area contributed by atoms with E-state index in [2.05, 4.69) is 34.6 Å². The predicted molar refractivity (Wildman–Crippen MR) is 133 cm³/mol. The smallest absolute Gasteiger partial charge is 0.223 e. The van der Waals surface area contributed by atoms with Crippen molar-refractivity contribution in [3.63, 3.8) is 0 Å². The van der Waals surface area contributed by atoms with Crippen molar-refractivity contribution in [1.82, 2.24) is 20.1 Å². The summed E-state index contributed by atoms with van der Waals surface area (Å²) in [6.45, 7) is 4.45. The van der Waals surface area contributed by atoms with Gasteiger partial charge in [0.1, 0.15) is 0 Å². The molecule has 0 aliphatic heterocycles. The number of nitrogens with one attached hydrogen (secondary N) is 1. The van der Waals surface area contributed by atoms with Crippen LogP contribution in [0.3, 0.4) is 0 Å². The summed E-state index contributed by atoms with van der Waals surface area (Å²) in [5.41, 5.74) is 1.88. The fourth-order valence-electron chi connectivity index (χ4n) is 3.41. The number of thioether (sulfide) groups is 1. The molecule has 0 aliphatic carbocycles. The fraction of sp³-hybridized carbons (Fsp3) is 0.375. The van der Waals surface area contributed by atoms with E-state index < -0.39 is 0 Å². The fourth-order valence-corrected chi connectivity index (χ4v) is 4.70. The summed E-state index contributed by atoms with van der Waals surface area (Å²) >= 11 is 14.3. The molecule has 1 amide bonds.